The SMILES string of the molecule is COc1ccc(Cl)cc1NC(=O)CN(C)C(=O)CCC(=O)c1ccc(C)c(C)c1. The summed E-state index contributed by atoms with van der Waals surface area (Å²) in [4.78, 5) is 38.2. The largest absolute Gasteiger partial charge is 0.495 e. The number of ketones is 1. The molecule has 0 aliphatic heterocycles. The van der Waals surface area contributed by atoms with Gasteiger partial charge in [-0.2, -0.15) is 0 Å². The van der Waals surface area contributed by atoms with Crippen molar-refractivity contribution in [1.29, 1.82) is 0 Å². The maximum atomic E-state index is 12.3. The van der Waals surface area contributed by atoms with Crippen LogP contribution in [0.1, 0.15) is 34.3 Å². The van der Waals surface area contributed by atoms with Crippen molar-refractivity contribution in [1.82, 2.24) is 4.90 Å². The van der Waals surface area contributed by atoms with E-state index in [0.29, 0.717) is 22.0 Å². The van der Waals surface area contributed by atoms with Crippen molar-refractivity contribution in [2.45, 2.75) is 26.7 Å². The molecule has 2 aromatic carbocycles. The molecule has 6 nitrogen and oxygen atoms in total. The summed E-state index contributed by atoms with van der Waals surface area (Å²) in [5.74, 6) is -0.295. The number of carbonyl (C=O) groups excluding carboxylic acids is 3. The van der Waals surface area contributed by atoms with Gasteiger partial charge in [0.15, 0.2) is 5.78 Å². The minimum absolute atomic E-state index is 0.0377. The highest BCUT2D eigenvalue weighted by Gasteiger charge is 2.17. The Morgan fingerprint density at radius 3 is 2.41 bits per heavy atom. The lowest BCUT2D eigenvalue weighted by atomic mass is 10.0. The predicted octanol–water partition coefficient (Wildman–Crippen LogP) is 4.03. The van der Waals surface area contributed by atoms with E-state index in [1.807, 2.05) is 26.0 Å². The zero-order valence-electron chi connectivity index (χ0n) is 17.0. The zero-order valence-corrected chi connectivity index (χ0v) is 17.8. The van der Waals surface area contributed by atoms with Gasteiger partial charge in [-0.05, 0) is 49.2 Å². The van der Waals surface area contributed by atoms with Crippen LogP contribution in [-0.4, -0.2) is 43.2 Å². The summed E-state index contributed by atoms with van der Waals surface area (Å²) >= 11 is 5.95. The molecule has 0 aliphatic carbocycles. The van der Waals surface area contributed by atoms with Gasteiger partial charge in [-0.3, -0.25) is 14.4 Å². The van der Waals surface area contributed by atoms with Gasteiger partial charge >= 0.3 is 0 Å². The Balaban J connectivity index is 1.88. The average Bonchev–Trinajstić information content (AvgIpc) is 2.67. The molecule has 1 N–H and O–H groups in total. The molecule has 0 unspecified atom stereocenters. The number of benzene rings is 2. The van der Waals surface area contributed by atoms with Crippen molar-refractivity contribution in [3.05, 3.63) is 58.1 Å². The molecule has 154 valence electrons. The van der Waals surface area contributed by atoms with Crippen molar-refractivity contribution in [2.24, 2.45) is 0 Å². The van der Waals surface area contributed by atoms with Crippen molar-refractivity contribution in [3.63, 3.8) is 0 Å². The molecule has 0 fully saturated rings. The molecule has 0 spiro atoms. The first-order valence-corrected chi connectivity index (χ1v) is 9.57. The first-order chi connectivity index (χ1) is 13.7. The van der Waals surface area contributed by atoms with E-state index in [-0.39, 0.29) is 37.0 Å². The number of halogens is 1. The summed E-state index contributed by atoms with van der Waals surface area (Å²) in [5.41, 5.74) is 3.16. The normalized spacial score (nSPS) is 10.4. The topological polar surface area (TPSA) is 75.7 Å². The van der Waals surface area contributed by atoms with Crippen LogP contribution in [0.25, 0.3) is 0 Å². The van der Waals surface area contributed by atoms with Crippen LogP contribution in [0.5, 0.6) is 5.75 Å². The highest BCUT2D eigenvalue weighted by molar-refractivity contribution is 6.31. The number of aryl methyl sites for hydroxylation is 2. The summed E-state index contributed by atoms with van der Waals surface area (Å²) < 4.78 is 5.18. The minimum atomic E-state index is -0.387. The maximum Gasteiger partial charge on any atom is 0.244 e. The predicted molar refractivity (Wildman–Crippen MR) is 114 cm³/mol. The van der Waals surface area contributed by atoms with Gasteiger partial charge < -0.3 is 15.0 Å². The van der Waals surface area contributed by atoms with E-state index in [4.69, 9.17) is 16.3 Å². The fourth-order valence-corrected chi connectivity index (χ4v) is 2.91. The molecule has 29 heavy (non-hydrogen) atoms. The Morgan fingerprint density at radius 2 is 1.76 bits per heavy atom. The third kappa shape index (κ3) is 6.32. The van der Waals surface area contributed by atoms with E-state index >= 15 is 0 Å². The summed E-state index contributed by atoms with van der Waals surface area (Å²) in [6.07, 6.45) is 0.130. The van der Waals surface area contributed by atoms with Gasteiger partial charge in [-0.15, -0.1) is 0 Å². The quantitative estimate of drug-likeness (QED) is 0.659. The van der Waals surface area contributed by atoms with Crippen molar-refractivity contribution >= 4 is 34.9 Å². The fourth-order valence-electron chi connectivity index (χ4n) is 2.74. The average molecular weight is 417 g/mol. The van der Waals surface area contributed by atoms with E-state index in [1.165, 1.54) is 19.1 Å². The van der Waals surface area contributed by atoms with Gasteiger partial charge in [-0.25, -0.2) is 0 Å². The first-order valence-electron chi connectivity index (χ1n) is 9.19. The molecule has 0 radical (unpaired) electrons. The Morgan fingerprint density at radius 1 is 1.03 bits per heavy atom. The Hall–Kier alpha value is -2.86. The molecular weight excluding hydrogens is 392 g/mol. The lowest BCUT2D eigenvalue weighted by Crippen LogP contribution is -2.35. The van der Waals surface area contributed by atoms with Gasteiger partial charge in [0.25, 0.3) is 0 Å². The van der Waals surface area contributed by atoms with E-state index in [0.717, 1.165) is 11.1 Å². The molecule has 2 amide bonds. The molecule has 0 saturated carbocycles. The number of methoxy groups -OCH3 is 1. The van der Waals surface area contributed by atoms with E-state index < -0.39 is 0 Å². The molecule has 0 saturated heterocycles. The molecule has 0 atom stereocenters. The fraction of sp³-hybridized carbons (Fsp3) is 0.318. The van der Waals surface area contributed by atoms with Gasteiger partial charge in [0.1, 0.15) is 5.75 Å². The molecule has 7 heteroatoms. The second kappa shape index (κ2) is 10.1. The number of rotatable bonds is 8. The molecule has 0 bridgehead atoms. The van der Waals surface area contributed by atoms with Gasteiger partial charge in [-0.1, -0.05) is 23.7 Å². The van der Waals surface area contributed by atoms with E-state index in [1.54, 1.807) is 24.3 Å². The Bertz CT molecular complexity index is 927. The monoisotopic (exact) mass is 416 g/mol. The summed E-state index contributed by atoms with van der Waals surface area (Å²) in [6.45, 7) is 3.77. The number of amides is 2. The number of nitrogens with zero attached hydrogens (tertiary/aromatic N) is 1. The van der Waals surface area contributed by atoms with Crippen LogP contribution in [0.15, 0.2) is 36.4 Å². The molecule has 0 aliphatic rings. The van der Waals surface area contributed by atoms with Crippen molar-refractivity contribution in [2.75, 3.05) is 26.0 Å². The van der Waals surface area contributed by atoms with Gasteiger partial charge in [0.05, 0.1) is 19.3 Å². The van der Waals surface area contributed by atoms with Crippen LogP contribution >= 0.6 is 11.6 Å². The molecule has 0 heterocycles. The van der Waals surface area contributed by atoms with Gasteiger partial charge in [0.2, 0.25) is 11.8 Å². The number of carbonyl (C=O) groups is 3. The van der Waals surface area contributed by atoms with Gasteiger partial charge in [0, 0.05) is 30.5 Å². The lowest BCUT2D eigenvalue weighted by Gasteiger charge is -2.17. The van der Waals surface area contributed by atoms with Crippen LogP contribution in [0.4, 0.5) is 5.69 Å². The second-order valence-electron chi connectivity index (χ2n) is 6.86. The molecule has 0 aromatic heterocycles. The lowest BCUT2D eigenvalue weighted by molar-refractivity contribution is -0.133. The van der Waals surface area contributed by atoms with E-state index in [2.05, 4.69) is 5.32 Å². The summed E-state index contributed by atoms with van der Waals surface area (Å²) in [5, 5.41) is 3.14. The Kier molecular flexibility index (Phi) is 7.79. The summed E-state index contributed by atoms with van der Waals surface area (Å²) in [6, 6.07) is 10.4. The van der Waals surface area contributed by atoms with Crippen molar-refractivity contribution < 1.29 is 19.1 Å². The number of hydrogen-bond acceptors (Lipinski definition) is 4. The van der Waals surface area contributed by atoms with Crippen LogP contribution in [0, 0.1) is 13.8 Å². The van der Waals surface area contributed by atoms with Crippen LogP contribution in [0.2, 0.25) is 5.02 Å². The number of Topliss-reactive ketones (excluding diaryl/α,β-unsaturated/α-hetero) is 1. The number of anilines is 1. The highest BCUT2D eigenvalue weighted by Crippen LogP contribution is 2.27. The molecule has 2 rings (SSSR count). The van der Waals surface area contributed by atoms with Crippen LogP contribution < -0.4 is 10.1 Å². The number of ether oxygens (including phenoxy) is 1. The summed E-state index contributed by atoms with van der Waals surface area (Å²) in [7, 11) is 3.01. The smallest absolute Gasteiger partial charge is 0.244 e. The number of nitrogens with one attached hydrogen (secondary N) is 1. The third-order valence-electron chi connectivity index (χ3n) is 4.64. The maximum absolute atomic E-state index is 12.3. The second-order valence-corrected chi connectivity index (χ2v) is 7.30. The highest BCUT2D eigenvalue weighted by atomic mass is 35.5. The molecular formula is C22H25ClN2O4. The number of hydrogen-bond donors (Lipinski definition) is 1. The zero-order chi connectivity index (χ0) is 21.6. The Labute approximate surface area is 175 Å². The van der Waals surface area contributed by atoms with E-state index in [9.17, 15) is 14.4 Å². The van der Waals surface area contributed by atoms with Crippen LogP contribution in [0.3, 0.4) is 0 Å². The standard InChI is InChI=1S/C22H25ClN2O4/c1-14-5-6-16(11-15(14)2)19(26)8-10-22(28)25(3)13-21(27)24-18-12-17(23)7-9-20(18)29-4/h5-7,9,11-12H,8,10,13H2,1-4H3,(H,24,27). The number of likely N-dealkylation sites (N-methyl/N-ethyl adjacent to an activating group) is 1. The van der Waals surface area contributed by atoms with Crippen LogP contribution in [-0.2, 0) is 9.59 Å². The third-order valence-corrected chi connectivity index (χ3v) is 4.87. The van der Waals surface area contributed by atoms with Crippen molar-refractivity contribution in [3.8, 4) is 5.75 Å². The first kappa shape index (κ1) is 22.4. The minimum Gasteiger partial charge on any atom is -0.495 e. The molecule has 2 aromatic rings.